The van der Waals surface area contributed by atoms with E-state index in [4.69, 9.17) is 0 Å². The van der Waals surface area contributed by atoms with Gasteiger partial charge < -0.3 is 0 Å². The Bertz CT molecular complexity index is 265. The molecule has 0 N–H and O–H groups in total. The van der Waals surface area contributed by atoms with Crippen molar-refractivity contribution in [3.8, 4) is 0 Å². The lowest BCUT2D eigenvalue weighted by atomic mass is 9.76. The molecular formula is C16H31F3. The SMILES string of the molecule is CC1CCC(CCC2CCC(C(F)(F)F)CC2)CC1.[HH].[HH]. The molecule has 19 heavy (non-hydrogen) atoms. The first kappa shape index (κ1) is 15.2. The van der Waals surface area contributed by atoms with Gasteiger partial charge in [0.2, 0.25) is 0 Å². The lowest BCUT2D eigenvalue weighted by Gasteiger charge is -2.32. The van der Waals surface area contributed by atoms with E-state index in [1.807, 2.05) is 0 Å². The fourth-order valence-electron chi connectivity index (χ4n) is 3.87. The van der Waals surface area contributed by atoms with Gasteiger partial charge in [-0.25, -0.2) is 0 Å². The highest BCUT2D eigenvalue weighted by atomic mass is 19.4. The zero-order chi connectivity index (χ0) is 13.9. The van der Waals surface area contributed by atoms with Crippen LogP contribution in [0.25, 0.3) is 0 Å². The Morgan fingerprint density at radius 2 is 1.21 bits per heavy atom. The van der Waals surface area contributed by atoms with Gasteiger partial charge in [-0.2, -0.15) is 13.2 Å². The van der Waals surface area contributed by atoms with Crippen LogP contribution in [0.5, 0.6) is 0 Å². The molecule has 3 heteroatoms. The Balaban J connectivity index is 0.00000200. The molecule has 0 atom stereocenters. The molecule has 0 unspecified atom stereocenters. The van der Waals surface area contributed by atoms with Crippen LogP contribution in [-0.2, 0) is 0 Å². The maximum Gasteiger partial charge on any atom is 0.391 e. The summed E-state index contributed by atoms with van der Waals surface area (Å²) >= 11 is 0. The Morgan fingerprint density at radius 1 is 0.789 bits per heavy atom. The molecule has 2 saturated carbocycles. The van der Waals surface area contributed by atoms with Crippen LogP contribution in [0.4, 0.5) is 13.2 Å². The van der Waals surface area contributed by atoms with Crippen LogP contribution in [0.3, 0.4) is 0 Å². The van der Waals surface area contributed by atoms with E-state index < -0.39 is 12.1 Å². The highest BCUT2D eigenvalue weighted by Crippen LogP contribution is 2.41. The third kappa shape index (κ3) is 4.68. The molecule has 0 aromatic heterocycles. The van der Waals surface area contributed by atoms with Crippen molar-refractivity contribution >= 4 is 0 Å². The predicted molar refractivity (Wildman–Crippen MR) is 76.1 cm³/mol. The van der Waals surface area contributed by atoms with Crippen LogP contribution in [0.15, 0.2) is 0 Å². The zero-order valence-corrected chi connectivity index (χ0v) is 12.0. The van der Waals surface area contributed by atoms with E-state index in [-0.39, 0.29) is 2.85 Å². The van der Waals surface area contributed by atoms with Crippen LogP contribution in [0.2, 0.25) is 0 Å². The summed E-state index contributed by atoms with van der Waals surface area (Å²) in [6.07, 6.45) is 6.21. The summed E-state index contributed by atoms with van der Waals surface area (Å²) in [6, 6.07) is 0. The Kier molecular flexibility index (Phi) is 5.19. The molecule has 0 radical (unpaired) electrons. The minimum atomic E-state index is -3.95. The first-order valence-electron chi connectivity index (χ1n) is 8.02. The van der Waals surface area contributed by atoms with Crippen LogP contribution in [0, 0.1) is 23.7 Å². The first-order chi connectivity index (χ1) is 8.95. The molecule has 0 aromatic rings. The third-order valence-electron chi connectivity index (χ3n) is 5.43. The van der Waals surface area contributed by atoms with Crippen molar-refractivity contribution < 1.29 is 16.0 Å². The molecule has 116 valence electrons. The predicted octanol–water partition coefficient (Wildman–Crippen LogP) is 6.45. The minimum absolute atomic E-state index is 0. The van der Waals surface area contributed by atoms with Gasteiger partial charge >= 0.3 is 6.18 Å². The number of rotatable bonds is 3. The average molecular weight is 280 g/mol. The molecule has 2 fully saturated rings. The van der Waals surface area contributed by atoms with Gasteiger partial charge in [0, 0.05) is 2.85 Å². The molecule has 2 aliphatic rings. The van der Waals surface area contributed by atoms with E-state index in [0.29, 0.717) is 18.8 Å². The van der Waals surface area contributed by atoms with Gasteiger partial charge in [0.25, 0.3) is 0 Å². The molecule has 0 heterocycles. The van der Waals surface area contributed by atoms with Crippen molar-refractivity contribution in [3.05, 3.63) is 0 Å². The summed E-state index contributed by atoms with van der Waals surface area (Å²) in [5.74, 6) is 1.30. The monoisotopic (exact) mass is 280 g/mol. The minimum Gasteiger partial charge on any atom is -0.171 e. The van der Waals surface area contributed by atoms with Gasteiger partial charge in [0.1, 0.15) is 0 Å². The smallest absolute Gasteiger partial charge is 0.171 e. The maximum atomic E-state index is 12.6. The molecule has 0 saturated heterocycles. The highest BCUT2D eigenvalue weighted by Gasteiger charge is 2.41. The summed E-state index contributed by atoms with van der Waals surface area (Å²) < 4.78 is 37.7. The fourth-order valence-corrected chi connectivity index (χ4v) is 3.87. The van der Waals surface area contributed by atoms with Crippen molar-refractivity contribution in [2.24, 2.45) is 23.7 Å². The average Bonchev–Trinajstić information content (AvgIpc) is 2.37. The van der Waals surface area contributed by atoms with E-state index in [9.17, 15) is 13.2 Å². The van der Waals surface area contributed by atoms with Crippen molar-refractivity contribution in [2.45, 2.75) is 77.3 Å². The lowest BCUT2D eigenvalue weighted by Crippen LogP contribution is -2.28. The van der Waals surface area contributed by atoms with Gasteiger partial charge in [-0.1, -0.05) is 45.4 Å². The molecule has 0 nitrogen and oxygen atoms in total. The molecule has 0 aliphatic heterocycles. The molecule has 0 bridgehead atoms. The van der Waals surface area contributed by atoms with Crippen molar-refractivity contribution in [3.63, 3.8) is 0 Å². The Morgan fingerprint density at radius 3 is 1.63 bits per heavy atom. The van der Waals surface area contributed by atoms with E-state index in [2.05, 4.69) is 6.92 Å². The molecular weight excluding hydrogens is 249 g/mol. The number of alkyl halides is 3. The van der Waals surface area contributed by atoms with Crippen molar-refractivity contribution in [2.75, 3.05) is 0 Å². The van der Waals surface area contributed by atoms with E-state index >= 15 is 0 Å². The van der Waals surface area contributed by atoms with Gasteiger partial charge in [0.15, 0.2) is 0 Å². The van der Waals surface area contributed by atoms with Gasteiger partial charge in [-0.05, 0) is 43.4 Å². The lowest BCUT2D eigenvalue weighted by molar-refractivity contribution is -0.184. The largest absolute Gasteiger partial charge is 0.391 e. The fraction of sp³-hybridized carbons (Fsp3) is 1.00. The van der Waals surface area contributed by atoms with Crippen molar-refractivity contribution in [1.29, 1.82) is 0 Å². The topological polar surface area (TPSA) is 0 Å². The van der Waals surface area contributed by atoms with E-state index in [0.717, 1.165) is 24.7 Å². The number of hydrogen-bond donors (Lipinski definition) is 0. The van der Waals surface area contributed by atoms with Crippen LogP contribution < -0.4 is 0 Å². The van der Waals surface area contributed by atoms with E-state index in [1.165, 1.54) is 38.5 Å². The summed E-state index contributed by atoms with van der Waals surface area (Å²) in [5.41, 5.74) is 0. The molecule has 0 spiro atoms. The number of hydrogen-bond acceptors (Lipinski definition) is 0. The maximum absolute atomic E-state index is 12.6. The van der Waals surface area contributed by atoms with Crippen LogP contribution in [0.1, 0.15) is 74.0 Å². The molecule has 2 rings (SSSR count). The molecule has 0 amide bonds. The molecule has 2 aliphatic carbocycles. The summed E-state index contributed by atoms with van der Waals surface area (Å²) in [5, 5.41) is 0. The standard InChI is InChI=1S/C16H27F3.2H2/c1-12-2-4-13(5-3-12)6-7-14-8-10-15(11-9-14)16(17,18)19;;/h12-15H,2-11H2,1H3;2*1H. The second-order valence-corrected chi connectivity index (χ2v) is 6.96. The zero-order valence-electron chi connectivity index (χ0n) is 12.0. The van der Waals surface area contributed by atoms with E-state index in [1.54, 1.807) is 0 Å². The third-order valence-corrected chi connectivity index (χ3v) is 5.43. The van der Waals surface area contributed by atoms with Crippen LogP contribution >= 0.6 is 0 Å². The van der Waals surface area contributed by atoms with Crippen molar-refractivity contribution in [1.82, 2.24) is 0 Å². The van der Waals surface area contributed by atoms with Gasteiger partial charge in [-0.15, -0.1) is 0 Å². The second-order valence-electron chi connectivity index (χ2n) is 6.96. The number of halogens is 3. The van der Waals surface area contributed by atoms with Gasteiger partial charge in [-0.3, -0.25) is 0 Å². The normalized spacial score (nSPS) is 37.3. The summed E-state index contributed by atoms with van der Waals surface area (Å²) in [4.78, 5) is 0. The first-order valence-corrected chi connectivity index (χ1v) is 8.02. The summed E-state index contributed by atoms with van der Waals surface area (Å²) in [6.45, 7) is 2.33. The van der Waals surface area contributed by atoms with Gasteiger partial charge in [0.05, 0.1) is 5.92 Å². The molecule has 0 aromatic carbocycles. The Labute approximate surface area is 118 Å². The Hall–Kier alpha value is -0.210. The second kappa shape index (κ2) is 6.49. The highest BCUT2D eigenvalue weighted by molar-refractivity contribution is 4.78. The van der Waals surface area contributed by atoms with Crippen LogP contribution in [-0.4, -0.2) is 6.18 Å². The quantitative estimate of drug-likeness (QED) is 0.557. The summed E-state index contributed by atoms with van der Waals surface area (Å²) in [7, 11) is 0.